The topological polar surface area (TPSA) is 79.0 Å². The number of fused-ring (bicyclic) bond motifs is 2. The van der Waals surface area contributed by atoms with E-state index in [-0.39, 0.29) is 18.4 Å². The number of hydrogen-bond donors (Lipinski definition) is 1. The molecule has 1 fully saturated rings. The molecule has 8 heteroatoms. The Labute approximate surface area is 173 Å². The lowest BCUT2D eigenvalue weighted by molar-refractivity contribution is -0.124. The van der Waals surface area contributed by atoms with Gasteiger partial charge in [0.1, 0.15) is 18.3 Å². The van der Waals surface area contributed by atoms with Crippen LogP contribution in [0.3, 0.4) is 0 Å². The van der Waals surface area contributed by atoms with Gasteiger partial charge in [-0.15, -0.1) is 0 Å². The van der Waals surface area contributed by atoms with E-state index >= 15 is 0 Å². The van der Waals surface area contributed by atoms with Crippen molar-refractivity contribution in [2.75, 3.05) is 30.4 Å². The van der Waals surface area contributed by atoms with E-state index in [0.717, 1.165) is 6.42 Å². The Kier molecular flexibility index (Phi) is 5.15. The summed E-state index contributed by atoms with van der Waals surface area (Å²) in [5.41, 5.74) is 1.34. The maximum atomic E-state index is 13.2. The van der Waals surface area contributed by atoms with Crippen LogP contribution in [0.5, 0.6) is 5.75 Å². The zero-order valence-corrected chi connectivity index (χ0v) is 16.6. The number of methoxy groups -OCH3 is 1. The minimum Gasteiger partial charge on any atom is -0.495 e. The molecule has 2 aliphatic heterocycles. The third-order valence-corrected chi connectivity index (χ3v) is 5.46. The van der Waals surface area contributed by atoms with Crippen molar-refractivity contribution in [2.45, 2.75) is 18.9 Å². The molecule has 0 saturated carbocycles. The number of rotatable bonds is 4. The highest BCUT2D eigenvalue weighted by Gasteiger charge is 2.42. The van der Waals surface area contributed by atoms with Gasteiger partial charge in [0.05, 0.1) is 24.0 Å². The van der Waals surface area contributed by atoms with Gasteiger partial charge in [0, 0.05) is 17.6 Å². The molecule has 7 nitrogen and oxygen atoms in total. The smallest absolute Gasteiger partial charge is 0.256 e. The van der Waals surface area contributed by atoms with E-state index < -0.39 is 11.9 Å². The number of ether oxygens (including phenoxy) is 1. The molecule has 150 valence electrons. The molecule has 1 unspecified atom stereocenters. The first-order chi connectivity index (χ1) is 14.0. The third-order valence-electron chi connectivity index (χ3n) is 5.23. The fourth-order valence-electron chi connectivity index (χ4n) is 3.87. The van der Waals surface area contributed by atoms with Crippen LogP contribution in [0.2, 0.25) is 5.02 Å². The van der Waals surface area contributed by atoms with Gasteiger partial charge in [-0.1, -0.05) is 23.7 Å². The standard InChI is InChI=1S/C21H20ClN3O4/c1-29-18-11-13(22)8-9-15(18)23-19(26)12-25-16-6-3-2-5-14(16)20(27)24-10-4-7-17(24)21(25)28/h2-3,5-6,8-9,11,17H,4,7,10,12H2,1H3,(H,23,26). The Morgan fingerprint density at radius 1 is 1.24 bits per heavy atom. The second-order valence-corrected chi connectivity index (χ2v) is 7.43. The molecule has 0 radical (unpaired) electrons. The Hall–Kier alpha value is -3.06. The van der Waals surface area contributed by atoms with Gasteiger partial charge < -0.3 is 19.9 Å². The lowest BCUT2D eigenvalue weighted by Gasteiger charge is -2.25. The predicted octanol–water partition coefficient (Wildman–Crippen LogP) is 2.94. The summed E-state index contributed by atoms with van der Waals surface area (Å²) in [6.07, 6.45) is 1.37. The molecule has 0 bridgehead atoms. The van der Waals surface area contributed by atoms with Gasteiger partial charge in [0.15, 0.2) is 0 Å². The molecule has 29 heavy (non-hydrogen) atoms. The summed E-state index contributed by atoms with van der Waals surface area (Å²) in [6.45, 7) is 0.338. The summed E-state index contributed by atoms with van der Waals surface area (Å²) in [5.74, 6) is -0.379. The van der Waals surface area contributed by atoms with Crippen molar-refractivity contribution in [1.29, 1.82) is 0 Å². The summed E-state index contributed by atoms with van der Waals surface area (Å²) < 4.78 is 5.25. The van der Waals surface area contributed by atoms with Crippen molar-refractivity contribution in [3.63, 3.8) is 0 Å². The predicted molar refractivity (Wildman–Crippen MR) is 109 cm³/mol. The number of para-hydroxylation sites is 1. The normalized spacial score (nSPS) is 18.2. The third kappa shape index (κ3) is 3.53. The molecule has 1 N–H and O–H groups in total. The first-order valence-electron chi connectivity index (χ1n) is 9.34. The van der Waals surface area contributed by atoms with Gasteiger partial charge in [-0.05, 0) is 37.1 Å². The molecule has 0 spiro atoms. The van der Waals surface area contributed by atoms with Crippen LogP contribution in [0.4, 0.5) is 11.4 Å². The minimum absolute atomic E-state index is 0.168. The number of anilines is 2. The average molecular weight is 414 g/mol. The fourth-order valence-corrected chi connectivity index (χ4v) is 4.04. The Bertz CT molecular complexity index is 994. The molecule has 2 aromatic rings. The lowest BCUT2D eigenvalue weighted by atomic mass is 10.1. The van der Waals surface area contributed by atoms with E-state index in [2.05, 4.69) is 5.32 Å². The summed E-state index contributed by atoms with van der Waals surface area (Å²) in [4.78, 5) is 41.9. The van der Waals surface area contributed by atoms with Gasteiger partial charge in [-0.3, -0.25) is 14.4 Å². The van der Waals surface area contributed by atoms with Crippen molar-refractivity contribution in [1.82, 2.24) is 4.90 Å². The van der Waals surface area contributed by atoms with Crippen LogP contribution in [0, 0.1) is 0 Å². The Morgan fingerprint density at radius 2 is 2.03 bits per heavy atom. The molecular weight excluding hydrogens is 394 g/mol. The molecule has 1 atom stereocenters. The number of amides is 3. The van der Waals surface area contributed by atoms with Crippen LogP contribution >= 0.6 is 11.6 Å². The van der Waals surface area contributed by atoms with Crippen LogP contribution in [0.15, 0.2) is 42.5 Å². The zero-order valence-electron chi connectivity index (χ0n) is 15.9. The van der Waals surface area contributed by atoms with E-state index in [9.17, 15) is 14.4 Å². The number of carbonyl (C=O) groups is 3. The van der Waals surface area contributed by atoms with E-state index in [4.69, 9.17) is 16.3 Å². The van der Waals surface area contributed by atoms with E-state index in [1.165, 1.54) is 12.0 Å². The second kappa shape index (κ2) is 7.75. The van der Waals surface area contributed by atoms with Gasteiger partial charge >= 0.3 is 0 Å². The summed E-state index contributed by atoms with van der Waals surface area (Å²) in [5, 5.41) is 3.25. The molecular formula is C21H20ClN3O4. The van der Waals surface area contributed by atoms with Crippen molar-refractivity contribution < 1.29 is 19.1 Å². The lowest BCUT2D eigenvalue weighted by Crippen LogP contribution is -2.47. The maximum absolute atomic E-state index is 13.2. The highest BCUT2D eigenvalue weighted by molar-refractivity contribution is 6.30. The van der Waals surface area contributed by atoms with E-state index in [0.29, 0.717) is 40.7 Å². The number of hydrogen-bond acceptors (Lipinski definition) is 4. The van der Waals surface area contributed by atoms with E-state index in [1.54, 1.807) is 47.4 Å². The summed E-state index contributed by atoms with van der Waals surface area (Å²) >= 11 is 5.96. The highest BCUT2D eigenvalue weighted by Crippen LogP contribution is 2.33. The number of benzene rings is 2. The van der Waals surface area contributed by atoms with Crippen molar-refractivity contribution in [3.8, 4) is 5.75 Å². The minimum atomic E-state index is -0.534. The largest absolute Gasteiger partial charge is 0.495 e. The first-order valence-corrected chi connectivity index (χ1v) is 9.72. The van der Waals surface area contributed by atoms with Crippen molar-refractivity contribution in [2.24, 2.45) is 0 Å². The van der Waals surface area contributed by atoms with Crippen molar-refractivity contribution >= 4 is 40.7 Å². The fraction of sp³-hybridized carbons (Fsp3) is 0.286. The summed E-state index contributed by atoms with van der Waals surface area (Å²) in [7, 11) is 1.48. The first kappa shape index (κ1) is 19.3. The number of nitrogens with zero attached hydrogens (tertiary/aromatic N) is 2. The number of halogens is 1. The van der Waals surface area contributed by atoms with Crippen LogP contribution < -0.4 is 15.0 Å². The molecule has 2 heterocycles. The van der Waals surface area contributed by atoms with Gasteiger partial charge in [-0.25, -0.2) is 0 Å². The molecule has 1 saturated heterocycles. The molecule has 2 aromatic carbocycles. The molecule has 3 amide bonds. The second-order valence-electron chi connectivity index (χ2n) is 6.99. The quantitative estimate of drug-likeness (QED) is 0.835. The van der Waals surface area contributed by atoms with Crippen LogP contribution in [0.1, 0.15) is 23.2 Å². The Balaban J connectivity index is 1.63. The molecule has 0 aromatic heterocycles. The highest BCUT2D eigenvalue weighted by atomic mass is 35.5. The molecule has 0 aliphatic carbocycles. The molecule has 2 aliphatic rings. The zero-order chi connectivity index (χ0) is 20.5. The van der Waals surface area contributed by atoms with Crippen molar-refractivity contribution in [3.05, 3.63) is 53.1 Å². The number of nitrogens with one attached hydrogen (secondary N) is 1. The Morgan fingerprint density at radius 3 is 2.83 bits per heavy atom. The van der Waals surface area contributed by atoms with Gasteiger partial charge in [-0.2, -0.15) is 0 Å². The molecule has 4 rings (SSSR count). The van der Waals surface area contributed by atoms with Gasteiger partial charge in [0.2, 0.25) is 11.8 Å². The SMILES string of the molecule is COc1cc(Cl)ccc1NC(=O)CN1C(=O)C2CCCN2C(=O)c2ccccc21. The van der Waals surface area contributed by atoms with Gasteiger partial charge in [0.25, 0.3) is 5.91 Å². The monoisotopic (exact) mass is 413 g/mol. The maximum Gasteiger partial charge on any atom is 0.256 e. The number of carbonyl (C=O) groups excluding carboxylic acids is 3. The van der Waals surface area contributed by atoms with Crippen LogP contribution in [-0.2, 0) is 9.59 Å². The summed E-state index contributed by atoms with van der Waals surface area (Å²) in [6, 6.07) is 11.2. The van der Waals surface area contributed by atoms with Crippen LogP contribution in [-0.4, -0.2) is 48.9 Å². The average Bonchev–Trinajstić information content (AvgIpc) is 3.19. The van der Waals surface area contributed by atoms with E-state index in [1.807, 2.05) is 0 Å². The van der Waals surface area contributed by atoms with Crippen LogP contribution in [0.25, 0.3) is 0 Å².